The zero-order chi connectivity index (χ0) is 19.4. The molecule has 1 saturated heterocycles. The van der Waals surface area contributed by atoms with E-state index in [1.165, 1.54) is 5.56 Å². The molecule has 0 aliphatic carbocycles. The van der Waals surface area contributed by atoms with Gasteiger partial charge in [-0.05, 0) is 48.1 Å². The number of amidine groups is 1. The minimum absolute atomic E-state index is 0.0579. The number of carbonyl (C=O) groups excluding carboxylic acids is 1. The number of anilines is 1. The molecule has 0 saturated carbocycles. The highest BCUT2D eigenvalue weighted by molar-refractivity contribution is 6.03. The molecule has 1 aliphatic heterocycles. The largest absolute Gasteiger partial charge is 0.357 e. The van der Waals surface area contributed by atoms with Crippen molar-refractivity contribution in [2.75, 3.05) is 18.4 Å². The van der Waals surface area contributed by atoms with Crippen molar-refractivity contribution < 1.29 is 4.79 Å². The van der Waals surface area contributed by atoms with Crippen LogP contribution in [0.1, 0.15) is 55.4 Å². The van der Waals surface area contributed by atoms with Gasteiger partial charge in [-0.25, -0.2) is 4.98 Å². The van der Waals surface area contributed by atoms with Crippen LogP contribution < -0.4 is 5.32 Å². The molecule has 0 atom stereocenters. The van der Waals surface area contributed by atoms with Crippen molar-refractivity contribution in [1.29, 1.82) is 5.41 Å². The lowest BCUT2D eigenvalue weighted by Crippen LogP contribution is -2.24. The molecular weight excluding hydrogens is 338 g/mol. The fraction of sp³-hybridized carbons (Fsp3) is 0.381. The van der Waals surface area contributed by atoms with E-state index < -0.39 is 0 Å². The number of aromatic nitrogens is 2. The maximum Gasteiger partial charge on any atom is 0.256 e. The molecule has 6 nitrogen and oxygen atoms in total. The SMILES string of the molecule is CC(C)(C)c1ccc(C(=O)Nc2cnc(/C=C\C(=N)N3CCCC3)[nH]2)cc1. The lowest BCUT2D eigenvalue weighted by Gasteiger charge is -2.18. The second kappa shape index (κ2) is 7.78. The van der Waals surface area contributed by atoms with Gasteiger partial charge in [-0.15, -0.1) is 0 Å². The summed E-state index contributed by atoms with van der Waals surface area (Å²) in [6.07, 6.45) is 7.36. The Bertz CT molecular complexity index is 836. The highest BCUT2D eigenvalue weighted by atomic mass is 16.1. The average molecular weight is 365 g/mol. The van der Waals surface area contributed by atoms with Gasteiger partial charge in [0.05, 0.1) is 6.20 Å². The van der Waals surface area contributed by atoms with E-state index in [9.17, 15) is 4.79 Å². The van der Waals surface area contributed by atoms with Crippen molar-refractivity contribution in [1.82, 2.24) is 14.9 Å². The summed E-state index contributed by atoms with van der Waals surface area (Å²) < 4.78 is 0. The van der Waals surface area contributed by atoms with E-state index in [0.717, 1.165) is 25.9 Å². The van der Waals surface area contributed by atoms with Gasteiger partial charge in [0.15, 0.2) is 0 Å². The van der Waals surface area contributed by atoms with E-state index >= 15 is 0 Å². The number of hydrogen-bond acceptors (Lipinski definition) is 3. The fourth-order valence-electron chi connectivity index (χ4n) is 3.02. The second-order valence-corrected chi connectivity index (χ2v) is 7.88. The smallest absolute Gasteiger partial charge is 0.256 e. The maximum atomic E-state index is 12.4. The number of likely N-dealkylation sites (tertiary alicyclic amines) is 1. The van der Waals surface area contributed by atoms with Crippen LogP contribution in [0.25, 0.3) is 6.08 Å². The zero-order valence-electron chi connectivity index (χ0n) is 16.2. The molecule has 142 valence electrons. The van der Waals surface area contributed by atoms with Crippen LogP contribution in [0.15, 0.2) is 36.5 Å². The summed E-state index contributed by atoms with van der Waals surface area (Å²) in [5, 5.41) is 10.9. The van der Waals surface area contributed by atoms with Gasteiger partial charge in [-0.1, -0.05) is 32.9 Å². The number of H-pyrrole nitrogens is 1. The molecule has 0 unspecified atom stereocenters. The van der Waals surface area contributed by atoms with E-state index in [-0.39, 0.29) is 11.3 Å². The van der Waals surface area contributed by atoms with Gasteiger partial charge in [0.1, 0.15) is 17.5 Å². The molecular formula is C21H27N5O. The van der Waals surface area contributed by atoms with Crippen LogP contribution in [-0.2, 0) is 5.41 Å². The first kappa shape index (κ1) is 18.9. The average Bonchev–Trinajstić information content (AvgIpc) is 3.31. The minimum atomic E-state index is -0.181. The van der Waals surface area contributed by atoms with Crippen molar-refractivity contribution in [3.63, 3.8) is 0 Å². The highest BCUT2D eigenvalue weighted by Crippen LogP contribution is 2.22. The predicted octanol–water partition coefficient (Wildman–Crippen LogP) is 4.05. The standard InChI is InChI=1S/C21H27N5O/c1-21(2,3)16-8-6-15(7-9-16)20(27)25-19-14-23-18(24-19)11-10-17(22)26-12-4-5-13-26/h6-11,14,22H,4-5,12-13H2,1-3H3,(H,23,24)(H,25,27)/b11-10-,22-17?. The summed E-state index contributed by atoms with van der Waals surface area (Å²) >= 11 is 0. The number of hydrogen-bond donors (Lipinski definition) is 3. The summed E-state index contributed by atoms with van der Waals surface area (Å²) in [5.74, 6) is 1.46. The topological polar surface area (TPSA) is 84.9 Å². The lowest BCUT2D eigenvalue weighted by molar-refractivity contribution is 0.102. The van der Waals surface area contributed by atoms with Crippen LogP contribution in [0.3, 0.4) is 0 Å². The number of aromatic amines is 1. The van der Waals surface area contributed by atoms with Crippen molar-refractivity contribution >= 4 is 23.6 Å². The van der Waals surface area contributed by atoms with E-state index in [2.05, 4.69) is 36.1 Å². The molecule has 1 aromatic carbocycles. The van der Waals surface area contributed by atoms with Gasteiger partial charge in [-0.2, -0.15) is 0 Å². The van der Waals surface area contributed by atoms with Gasteiger partial charge >= 0.3 is 0 Å². The third-order valence-corrected chi connectivity index (χ3v) is 4.70. The quantitative estimate of drug-likeness (QED) is 0.564. The number of nitrogens with zero attached hydrogens (tertiary/aromatic N) is 2. The summed E-state index contributed by atoms with van der Waals surface area (Å²) in [5.41, 5.74) is 1.85. The Kier molecular flexibility index (Phi) is 5.44. The molecule has 3 rings (SSSR count). The Labute approximate surface area is 160 Å². The Hall–Kier alpha value is -2.89. The number of rotatable bonds is 4. The van der Waals surface area contributed by atoms with Gasteiger partial charge in [-0.3, -0.25) is 10.2 Å². The van der Waals surface area contributed by atoms with Crippen LogP contribution in [0.4, 0.5) is 5.82 Å². The molecule has 0 bridgehead atoms. The van der Waals surface area contributed by atoms with Crippen molar-refractivity contribution in [2.45, 2.75) is 39.0 Å². The molecule has 1 aliphatic rings. The molecule has 1 fully saturated rings. The third kappa shape index (κ3) is 4.84. The predicted molar refractivity (Wildman–Crippen MR) is 109 cm³/mol. The van der Waals surface area contributed by atoms with E-state index in [1.54, 1.807) is 18.3 Å². The molecule has 2 heterocycles. The molecule has 1 aromatic heterocycles. The van der Waals surface area contributed by atoms with Crippen molar-refractivity contribution in [3.8, 4) is 0 Å². The van der Waals surface area contributed by atoms with Gasteiger partial charge in [0, 0.05) is 18.7 Å². The minimum Gasteiger partial charge on any atom is -0.357 e. The molecule has 0 radical (unpaired) electrons. The number of amides is 1. The summed E-state index contributed by atoms with van der Waals surface area (Å²) in [4.78, 5) is 21.7. The second-order valence-electron chi connectivity index (χ2n) is 7.88. The Morgan fingerprint density at radius 1 is 1.22 bits per heavy atom. The van der Waals surface area contributed by atoms with Crippen LogP contribution in [0, 0.1) is 5.41 Å². The zero-order valence-corrected chi connectivity index (χ0v) is 16.2. The van der Waals surface area contributed by atoms with Crippen LogP contribution in [-0.4, -0.2) is 39.7 Å². The number of imidazole rings is 1. The number of carbonyl (C=O) groups is 1. The lowest BCUT2D eigenvalue weighted by atomic mass is 9.87. The molecule has 27 heavy (non-hydrogen) atoms. The monoisotopic (exact) mass is 365 g/mol. The molecule has 3 N–H and O–H groups in total. The van der Waals surface area contributed by atoms with Gasteiger partial charge < -0.3 is 15.2 Å². The fourth-order valence-corrected chi connectivity index (χ4v) is 3.02. The van der Waals surface area contributed by atoms with Gasteiger partial charge in [0.2, 0.25) is 0 Å². The highest BCUT2D eigenvalue weighted by Gasteiger charge is 2.15. The third-order valence-electron chi connectivity index (χ3n) is 4.70. The van der Waals surface area contributed by atoms with Crippen molar-refractivity contribution in [2.24, 2.45) is 0 Å². The van der Waals surface area contributed by atoms with Crippen LogP contribution in [0.5, 0.6) is 0 Å². The van der Waals surface area contributed by atoms with Crippen LogP contribution in [0.2, 0.25) is 0 Å². The molecule has 2 aromatic rings. The number of nitrogens with one attached hydrogen (secondary N) is 3. The van der Waals surface area contributed by atoms with E-state index in [0.29, 0.717) is 23.0 Å². The molecule has 6 heteroatoms. The normalized spacial score (nSPS) is 14.7. The first-order valence-electron chi connectivity index (χ1n) is 9.31. The van der Waals surface area contributed by atoms with Crippen molar-refractivity contribution in [3.05, 3.63) is 53.5 Å². The first-order chi connectivity index (χ1) is 12.8. The molecule has 1 amide bonds. The Balaban J connectivity index is 1.60. The summed E-state index contributed by atoms with van der Waals surface area (Å²) in [6, 6.07) is 7.65. The molecule has 0 spiro atoms. The summed E-state index contributed by atoms with van der Waals surface area (Å²) in [6.45, 7) is 8.31. The first-order valence-corrected chi connectivity index (χ1v) is 9.31. The van der Waals surface area contributed by atoms with Crippen LogP contribution >= 0.6 is 0 Å². The summed E-state index contributed by atoms with van der Waals surface area (Å²) in [7, 11) is 0. The van der Waals surface area contributed by atoms with E-state index in [4.69, 9.17) is 5.41 Å². The Morgan fingerprint density at radius 3 is 2.52 bits per heavy atom. The van der Waals surface area contributed by atoms with E-state index in [1.807, 2.05) is 29.2 Å². The Morgan fingerprint density at radius 2 is 1.89 bits per heavy atom. The van der Waals surface area contributed by atoms with Gasteiger partial charge in [0.25, 0.3) is 5.91 Å². The number of benzene rings is 1. The maximum absolute atomic E-state index is 12.4.